The van der Waals surface area contributed by atoms with Gasteiger partial charge in [0, 0.05) is 12.3 Å². The molecule has 1 saturated heterocycles. The number of para-hydroxylation sites is 2. The highest BCUT2D eigenvalue weighted by Gasteiger charge is 2.62. The Morgan fingerprint density at radius 2 is 1.70 bits per heavy atom. The summed E-state index contributed by atoms with van der Waals surface area (Å²) in [4.78, 5) is 67.0. The molecule has 0 spiro atoms. The van der Waals surface area contributed by atoms with Crippen LogP contribution in [-0.2, 0) is 35.6 Å². The van der Waals surface area contributed by atoms with Crippen LogP contribution in [0.4, 0.5) is 4.79 Å². The van der Waals surface area contributed by atoms with Crippen molar-refractivity contribution in [3.63, 3.8) is 0 Å². The Kier molecular flexibility index (Phi) is 9.79. The molecule has 284 valence electrons. The number of hydrogen-bond donors (Lipinski definition) is 3. The van der Waals surface area contributed by atoms with Gasteiger partial charge in [-0.25, -0.2) is 23.2 Å². The molecule has 7 unspecified atom stereocenters. The molecule has 3 bridgehead atoms. The fourth-order valence-corrected chi connectivity index (χ4v) is 9.50. The van der Waals surface area contributed by atoms with E-state index < -0.39 is 68.7 Å². The number of aryl methyl sites for hydroxylation is 1. The van der Waals surface area contributed by atoms with Crippen molar-refractivity contribution in [2.75, 3.05) is 6.54 Å². The maximum atomic E-state index is 14.5. The Labute approximate surface area is 309 Å². The van der Waals surface area contributed by atoms with Crippen LogP contribution >= 0.6 is 0 Å². The van der Waals surface area contributed by atoms with Gasteiger partial charge in [-0.15, -0.1) is 0 Å². The largest absolute Gasteiger partial charge is 0.471 e. The first-order valence-corrected chi connectivity index (χ1v) is 20.9. The number of fused-ring (bicyclic) bond motifs is 6. The van der Waals surface area contributed by atoms with Crippen molar-refractivity contribution in [2.45, 2.75) is 131 Å². The minimum absolute atomic E-state index is 0.0291. The summed E-state index contributed by atoms with van der Waals surface area (Å²) in [7, 11) is -3.87. The van der Waals surface area contributed by atoms with Crippen molar-refractivity contribution in [1.29, 1.82) is 0 Å². The molecular weight excluding hydrogens is 701 g/mol. The number of allylic oxidation sites excluding steroid dienone is 1. The molecule has 0 radical (unpaired) electrons. The van der Waals surface area contributed by atoms with Gasteiger partial charge in [-0.2, -0.15) is 0 Å². The number of benzene rings is 1. The maximum Gasteiger partial charge on any atom is 0.408 e. The summed E-state index contributed by atoms with van der Waals surface area (Å²) in [5.74, 6) is -1.56. The summed E-state index contributed by atoms with van der Waals surface area (Å²) < 4.78 is 40.2. The number of amides is 4. The van der Waals surface area contributed by atoms with Crippen molar-refractivity contribution >= 4 is 44.9 Å². The number of ether oxygens (including phenoxy) is 2. The molecule has 14 nitrogen and oxygen atoms in total. The van der Waals surface area contributed by atoms with Crippen LogP contribution < -0.4 is 20.1 Å². The fourth-order valence-electron chi connectivity index (χ4n) is 8.14. The van der Waals surface area contributed by atoms with Crippen molar-refractivity contribution < 1.29 is 37.1 Å². The van der Waals surface area contributed by atoms with E-state index in [-0.39, 0.29) is 31.4 Å². The summed E-state index contributed by atoms with van der Waals surface area (Å²) in [5.41, 5.74) is 0.652. The molecule has 1 aromatic heterocycles. The lowest BCUT2D eigenvalue weighted by atomic mass is 10.0. The number of rotatable bonds is 3. The summed E-state index contributed by atoms with van der Waals surface area (Å²) in [6.07, 6.45) is 12.2. The lowest BCUT2D eigenvalue weighted by Crippen LogP contribution is -2.58. The van der Waals surface area contributed by atoms with Crippen LogP contribution in [-0.4, -0.2) is 88.7 Å². The molecule has 4 fully saturated rings. The van der Waals surface area contributed by atoms with E-state index >= 15 is 0 Å². The predicted molar refractivity (Wildman–Crippen MR) is 193 cm³/mol. The summed E-state index contributed by atoms with van der Waals surface area (Å²) in [6, 6.07) is 5.55. The van der Waals surface area contributed by atoms with Crippen LogP contribution in [0.25, 0.3) is 11.0 Å². The molecular formula is C38H48N6O8S. The minimum atomic E-state index is -3.87. The monoisotopic (exact) mass is 748 g/mol. The van der Waals surface area contributed by atoms with E-state index in [1.807, 2.05) is 36.4 Å². The molecule has 3 aliphatic carbocycles. The van der Waals surface area contributed by atoms with E-state index in [1.165, 1.54) is 4.90 Å². The Hall–Kier alpha value is -4.27. The van der Waals surface area contributed by atoms with E-state index in [0.29, 0.717) is 55.6 Å². The van der Waals surface area contributed by atoms with Crippen LogP contribution in [0.3, 0.4) is 0 Å². The topological polar surface area (TPSA) is 186 Å². The Morgan fingerprint density at radius 3 is 2.51 bits per heavy atom. The predicted octanol–water partition coefficient (Wildman–Crippen LogP) is 3.58. The smallest absolute Gasteiger partial charge is 0.408 e. The quantitative estimate of drug-likeness (QED) is 0.392. The average Bonchev–Trinajstić information content (AvgIpc) is 4.06. The van der Waals surface area contributed by atoms with Gasteiger partial charge in [-0.1, -0.05) is 50.0 Å². The van der Waals surface area contributed by atoms with E-state index in [0.717, 1.165) is 50.5 Å². The minimum Gasteiger partial charge on any atom is -0.471 e. The molecule has 3 saturated carbocycles. The second kappa shape index (κ2) is 14.5. The Morgan fingerprint density at radius 1 is 0.925 bits per heavy atom. The Bertz CT molecular complexity index is 1920. The molecule has 2 aromatic rings. The highest BCUT2D eigenvalue weighted by atomic mass is 32.2. The van der Waals surface area contributed by atoms with Gasteiger partial charge >= 0.3 is 6.09 Å². The van der Waals surface area contributed by atoms with Gasteiger partial charge in [-0.05, 0) is 82.3 Å². The van der Waals surface area contributed by atoms with Gasteiger partial charge in [0.1, 0.15) is 35.5 Å². The van der Waals surface area contributed by atoms with Crippen molar-refractivity contribution in [3.8, 4) is 5.88 Å². The normalized spacial score (nSPS) is 33.1. The van der Waals surface area contributed by atoms with E-state index in [2.05, 4.69) is 15.4 Å². The third-order valence-corrected chi connectivity index (χ3v) is 13.4. The number of nitrogens with one attached hydrogen (secondary N) is 3. The lowest BCUT2D eigenvalue weighted by molar-refractivity contribution is -0.141. The molecule has 7 atom stereocenters. The summed E-state index contributed by atoms with van der Waals surface area (Å²) in [5, 5.41) is 5.13. The van der Waals surface area contributed by atoms with Gasteiger partial charge in [-0.3, -0.25) is 19.1 Å². The first kappa shape index (κ1) is 35.7. The van der Waals surface area contributed by atoms with Gasteiger partial charge < -0.3 is 25.0 Å². The molecule has 3 N–H and O–H groups in total. The third-order valence-electron chi connectivity index (χ3n) is 11.6. The summed E-state index contributed by atoms with van der Waals surface area (Å²) >= 11 is 0. The van der Waals surface area contributed by atoms with Crippen LogP contribution in [0.15, 0.2) is 36.4 Å². The van der Waals surface area contributed by atoms with E-state index in [1.54, 1.807) is 0 Å². The van der Waals surface area contributed by atoms with Crippen molar-refractivity contribution in [2.24, 2.45) is 11.8 Å². The van der Waals surface area contributed by atoms with Gasteiger partial charge in [0.25, 0.3) is 5.91 Å². The van der Waals surface area contributed by atoms with Gasteiger partial charge in [0.15, 0.2) is 0 Å². The highest BCUT2D eigenvalue weighted by molar-refractivity contribution is 7.91. The number of hydrogen-bond acceptors (Lipinski definition) is 10. The van der Waals surface area contributed by atoms with Crippen LogP contribution in [0.5, 0.6) is 5.88 Å². The summed E-state index contributed by atoms with van der Waals surface area (Å²) in [6.45, 7) is 0.0291. The average molecular weight is 749 g/mol. The third kappa shape index (κ3) is 7.85. The second-order valence-corrected chi connectivity index (χ2v) is 17.7. The molecule has 4 amide bonds. The molecule has 6 aliphatic rings. The molecule has 15 heteroatoms. The molecule has 4 heterocycles. The number of carbonyl (C=O) groups is 4. The Balaban J connectivity index is 1.12. The zero-order valence-corrected chi connectivity index (χ0v) is 30.7. The van der Waals surface area contributed by atoms with Crippen LogP contribution in [0.2, 0.25) is 0 Å². The standard InChI is InChI=1S/C38H48N6O8S/c45-33-31-20-25-22-44(31)35(46)30(16-7-3-1-2-6-12-24-21-38(24,42-33)36(47)43-53(49,50)26-17-18-26)41-37(48)52-32-19-23(32)11-5-4-8-15-29-34(51-25)40-28-14-10-9-13-27(28)39-29/h6,9-10,12-14,23-26,30-32H,1-5,7-8,11,15-22H2,(H,41,48)(H,42,45)(H,43,47)/b12-6-. The van der Waals surface area contributed by atoms with E-state index in [4.69, 9.17) is 19.4 Å². The fraction of sp³-hybridized carbons (Fsp3) is 0.632. The zero-order valence-electron chi connectivity index (χ0n) is 29.8. The van der Waals surface area contributed by atoms with Gasteiger partial charge in [0.05, 0.1) is 22.8 Å². The van der Waals surface area contributed by atoms with Crippen LogP contribution in [0.1, 0.15) is 95.6 Å². The van der Waals surface area contributed by atoms with Crippen molar-refractivity contribution in [1.82, 2.24) is 30.2 Å². The van der Waals surface area contributed by atoms with Crippen LogP contribution in [0, 0.1) is 11.8 Å². The molecule has 3 aliphatic heterocycles. The van der Waals surface area contributed by atoms with Crippen molar-refractivity contribution in [3.05, 3.63) is 42.1 Å². The number of carbonyl (C=O) groups excluding carboxylic acids is 4. The number of aromatic nitrogens is 2. The van der Waals surface area contributed by atoms with E-state index in [9.17, 15) is 27.6 Å². The SMILES string of the molecule is O=C1NC2CCCCC/C=C\C3CC3(C(=O)NS(=O)(=O)C3CC3)NC(=O)C3CC(CN3C2=O)Oc2nc3ccccc3nc2CCCCCC2CC2O1. The molecule has 1 aromatic carbocycles. The lowest BCUT2D eigenvalue weighted by Gasteiger charge is -2.29. The first-order chi connectivity index (χ1) is 25.6. The molecule has 8 rings (SSSR count). The molecule has 53 heavy (non-hydrogen) atoms. The van der Waals surface area contributed by atoms with Gasteiger partial charge in [0.2, 0.25) is 27.7 Å². The number of nitrogens with zero attached hydrogens (tertiary/aromatic N) is 3. The zero-order chi connectivity index (χ0) is 36.7. The highest BCUT2D eigenvalue weighted by Crippen LogP contribution is 2.46. The maximum absolute atomic E-state index is 14.5. The first-order valence-electron chi connectivity index (χ1n) is 19.3. The number of sulfonamides is 1. The second-order valence-electron chi connectivity index (χ2n) is 15.7. The number of alkyl carbamates (subject to hydrolysis) is 1.